The molecule has 0 aliphatic carbocycles. The molecule has 1 aromatic carbocycles. The molecule has 0 spiro atoms. The first-order chi connectivity index (χ1) is 10.6. The van der Waals surface area contributed by atoms with Gasteiger partial charge in [-0.15, -0.1) is 0 Å². The number of benzene rings is 1. The Hall–Kier alpha value is -1.40. The predicted molar refractivity (Wildman–Crippen MR) is 82.5 cm³/mol. The summed E-state index contributed by atoms with van der Waals surface area (Å²) in [6.07, 6.45) is -1.23. The zero-order valence-corrected chi connectivity index (χ0v) is 14.0. The van der Waals surface area contributed by atoms with Crippen LogP contribution in [0.15, 0.2) is 12.1 Å². The Morgan fingerprint density at radius 2 is 2.00 bits per heavy atom. The van der Waals surface area contributed by atoms with Crippen LogP contribution in [0.3, 0.4) is 0 Å². The van der Waals surface area contributed by atoms with Gasteiger partial charge < -0.3 is 14.7 Å². The van der Waals surface area contributed by atoms with Crippen molar-refractivity contribution >= 4 is 17.7 Å². The number of carbonyl (C=O) groups is 1. The summed E-state index contributed by atoms with van der Waals surface area (Å²) >= 11 is 5.54. The molecule has 23 heavy (non-hydrogen) atoms. The third-order valence-corrected chi connectivity index (χ3v) is 3.96. The van der Waals surface area contributed by atoms with Crippen LogP contribution >= 0.6 is 11.6 Å². The second-order valence-electron chi connectivity index (χ2n) is 6.68. The van der Waals surface area contributed by atoms with Crippen molar-refractivity contribution in [3.05, 3.63) is 34.4 Å². The normalized spacial score (nSPS) is 22.1. The van der Waals surface area contributed by atoms with Gasteiger partial charge in [0, 0.05) is 12.5 Å². The maximum Gasteiger partial charge on any atom is 0.410 e. The van der Waals surface area contributed by atoms with Crippen LogP contribution in [0.4, 0.5) is 13.6 Å². The van der Waals surface area contributed by atoms with Crippen molar-refractivity contribution < 1.29 is 23.4 Å². The molecule has 1 aliphatic heterocycles. The fraction of sp³-hybridized carbons (Fsp3) is 0.562. The van der Waals surface area contributed by atoms with Gasteiger partial charge in [0.25, 0.3) is 0 Å². The highest BCUT2D eigenvalue weighted by atomic mass is 35.5. The molecule has 1 fully saturated rings. The summed E-state index contributed by atoms with van der Waals surface area (Å²) in [6, 6.07) is 1.91. The summed E-state index contributed by atoms with van der Waals surface area (Å²) in [5.74, 6) is -1.99. The number of aliphatic hydroxyl groups is 1. The second kappa shape index (κ2) is 6.61. The second-order valence-corrected chi connectivity index (χ2v) is 7.08. The van der Waals surface area contributed by atoms with E-state index >= 15 is 0 Å². The van der Waals surface area contributed by atoms with E-state index in [-0.39, 0.29) is 17.1 Å². The molecule has 1 aromatic rings. The molecule has 1 amide bonds. The van der Waals surface area contributed by atoms with Crippen molar-refractivity contribution in [3.63, 3.8) is 0 Å². The molecule has 2 atom stereocenters. The predicted octanol–water partition coefficient (Wildman–Crippen LogP) is 3.70. The lowest BCUT2D eigenvalue weighted by Crippen LogP contribution is -2.47. The number of rotatable bonds is 1. The third-order valence-electron chi connectivity index (χ3n) is 3.67. The van der Waals surface area contributed by atoms with Crippen LogP contribution in [0.1, 0.15) is 38.7 Å². The van der Waals surface area contributed by atoms with Crippen molar-refractivity contribution in [2.75, 3.05) is 13.1 Å². The number of piperidine rings is 1. The lowest BCUT2D eigenvalue weighted by molar-refractivity contribution is -0.00183. The first-order valence-electron chi connectivity index (χ1n) is 7.39. The Kier molecular flexibility index (Phi) is 5.16. The highest BCUT2D eigenvalue weighted by Gasteiger charge is 2.34. The molecule has 0 aromatic heterocycles. The van der Waals surface area contributed by atoms with E-state index < -0.39 is 35.4 Å². The van der Waals surface area contributed by atoms with Gasteiger partial charge in [0.15, 0.2) is 0 Å². The number of carbonyl (C=O) groups excluding carboxylic acids is 1. The molecule has 128 valence electrons. The molecule has 1 aliphatic rings. The number of halogens is 3. The van der Waals surface area contributed by atoms with Crippen molar-refractivity contribution in [2.24, 2.45) is 0 Å². The maximum atomic E-state index is 14.0. The van der Waals surface area contributed by atoms with E-state index in [0.717, 1.165) is 12.1 Å². The van der Waals surface area contributed by atoms with Gasteiger partial charge in [-0.25, -0.2) is 13.6 Å². The minimum absolute atomic E-state index is 0.00324. The van der Waals surface area contributed by atoms with E-state index in [1.54, 1.807) is 20.8 Å². The van der Waals surface area contributed by atoms with Gasteiger partial charge >= 0.3 is 6.09 Å². The third kappa shape index (κ3) is 4.32. The zero-order chi connectivity index (χ0) is 17.4. The van der Waals surface area contributed by atoms with Gasteiger partial charge in [-0.3, -0.25) is 0 Å². The van der Waals surface area contributed by atoms with Crippen LogP contribution in [0, 0.1) is 11.6 Å². The number of amides is 1. The monoisotopic (exact) mass is 347 g/mol. The molecular formula is C16H20ClF2NO3. The first kappa shape index (κ1) is 17.9. The number of nitrogens with zero attached hydrogens (tertiary/aromatic N) is 1. The van der Waals surface area contributed by atoms with Crippen LogP contribution in [0.25, 0.3) is 0 Å². The molecule has 1 saturated heterocycles. The van der Waals surface area contributed by atoms with Crippen molar-refractivity contribution in [1.82, 2.24) is 4.90 Å². The number of hydrogen-bond donors (Lipinski definition) is 1. The Labute approximate surface area is 139 Å². The number of β-amino-alcohol motifs (C(OH)–C–C–N with tert-alkyl or cyclic N) is 1. The van der Waals surface area contributed by atoms with E-state index in [0.29, 0.717) is 13.0 Å². The molecule has 2 unspecified atom stereocenters. The van der Waals surface area contributed by atoms with E-state index in [9.17, 15) is 18.7 Å². The molecule has 0 radical (unpaired) electrons. The molecule has 1 N–H and O–H groups in total. The average Bonchev–Trinajstić information content (AvgIpc) is 2.41. The Bertz CT molecular complexity index is 604. The lowest BCUT2D eigenvalue weighted by atomic mass is 9.87. The molecule has 2 rings (SSSR count). The van der Waals surface area contributed by atoms with Crippen molar-refractivity contribution in [2.45, 2.75) is 44.8 Å². The van der Waals surface area contributed by atoms with Crippen molar-refractivity contribution in [3.8, 4) is 0 Å². The van der Waals surface area contributed by atoms with Gasteiger partial charge in [0.2, 0.25) is 0 Å². The number of likely N-dealkylation sites (tertiary alicyclic amines) is 1. The molecule has 4 nitrogen and oxygen atoms in total. The summed E-state index contributed by atoms with van der Waals surface area (Å²) in [4.78, 5) is 13.4. The smallest absolute Gasteiger partial charge is 0.410 e. The standard InChI is InChI=1S/C16H20ClF2NO3/c1-16(2,3)23-15(22)20-5-4-9(14(21)8-20)10-6-13(19)11(17)7-12(10)18/h6-7,9,14,21H,4-5,8H2,1-3H3. The number of hydrogen-bond acceptors (Lipinski definition) is 3. The Morgan fingerprint density at radius 3 is 2.57 bits per heavy atom. The summed E-state index contributed by atoms with van der Waals surface area (Å²) in [7, 11) is 0. The number of aliphatic hydroxyl groups excluding tert-OH is 1. The fourth-order valence-corrected chi connectivity index (χ4v) is 2.76. The van der Waals surface area contributed by atoms with Gasteiger partial charge in [-0.2, -0.15) is 0 Å². The summed E-state index contributed by atoms with van der Waals surface area (Å²) < 4.78 is 32.8. The molecule has 0 bridgehead atoms. The van der Waals surface area contributed by atoms with Gasteiger partial charge in [0.1, 0.15) is 17.2 Å². The van der Waals surface area contributed by atoms with Gasteiger partial charge in [0.05, 0.1) is 17.7 Å². The van der Waals surface area contributed by atoms with Gasteiger partial charge in [-0.1, -0.05) is 11.6 Å². The molecule has 1 heterocycles. The van der Waals surface area contributed by atoms with Crippen LogP contribution in [-0.4, -0.2) is 40.9 Å². The summed E-state index contributed by atoms with van der Waals surface area (Å²) in [5.41, 5.74) is -0.562. The van der Waals surface area contributed by atoms with E-state index in [1.807, 2.05) is 0 Å². The largest absolute Gasteiger partial charge is 0.444 e. The number of ether oxygens (including phenoxy) is 1. The van der Waals surface area contributed by atoms with E-state index in [2.05, 4.69) is 0 Å². The molecule has 0 saturated carbocycles. The molecular weight excluding hydrogens is 328 g/mol. The quantitative estimate of drug-likeness (QED) is 0.788. The van der Waals surface area contributed by atoms with E-state index in [4.69, 9.17) is 16.3 Å². The molecule has 7 heteroatoms. The fourth-order valence-electron chi connectivity index (χ4n) is 2.61. The Balaban J connectivity index is 2.10. The highest BCUT2D eigenvalue weighted by molar-refractivity contribution is 6.30. The van der Waals surface area contributed by atoms with Crippen LogP contribution < -0.4 is 0 Å². The summed E-state index contributed by atoms with van der Waals surface area (Å²) in [6.45, 7) is 5.55. The lowest BCUT2D eigenvalue weighted by Gasteiger charge is -2.37. The van der Waals surface area contributed by atoms with Gasteiger partial charge in [-0.05, 0) is 44.9 Å². The SMILES string of the molecule is CC(C)(C)OC(=O)N1CCC(c2cc(F)c(Cl)cc2F)C(O)C1. The van der Waals surface area contributed by atoms with Crippen LogP contribution in [-0.2, 0) is 4.74 Å². The minimum Gasteiger partial charge on any atom is -0.444 e. The van der Waals surface area contributed by atoms with Crippen molar-refractivity contribution in [1.29, 1.82) is 0 Å². The summed E-state index contributed by atoms with van der Waals surface area (Å²) in [5, 5.41) is 9.95. The zero-order valence-electron chi connectivity index (χ0n) is 13.3. The van der Waals surface area contributed by atoms with Crippen LogP contribution in [0.2, 0.25) is 5.02 Å². The first-order valence-corrected chi connectivity index (χ1v) is 7.76. The highest BCUT2D eigenvalue weighted by Crippen LogP contribution is 2.33. The minimum atomic E-state index is -1.01. The maximum absolute atomic E-state index is 14.0. The average molecular weight is 348 g/mol. The Morgan fingerprint density at radius 1 is 1.35 bits per heavy atom. The topological polar surface area (TPSA) is 49.8 Å². The van der Waals surface area contributed by atoms with Crippen LogP contribution in [0.5, 0.6) is 0 Å². The van der Waals surface area contributed by atoms with E-state index in [1.165, 1.54) is 4.90 Å².